The number of likely N-dealkylation sites (N-methyl/N-ethyl adjacent to an activating group) is 1. The molecule has 2 fully saturated rings. The van der Waals surface area contributed by atoms with Crippen molar-refractivity contribution in [2.24, 2.45) is 0 Å². The molecule has 2 unspecified atom stereocenters. The van der Waals surface area contributed by atoms with Gasteiger partial charge in [0.1, 0.15) is 5.54 Å². The van der Waals surface area contributed by atoms with Crippen molar-refractivity contribution in [3.05, 3.63) is 0 Å². The van der Waals surface area contributed by atoms with Crippen LogP contribution in [0.4, 0.5) is 0 Å². The van der Waals surface area contributed by atoms with Crippen molar-refractivity contribution in [3.63, 3.8) is 0 Å². The van der Waals surface area contributed by atoms with E-state index in [-0.39, 0.29) is 0 Å². The van der Waals surface area contributed by atoms with Crippen LogP contribution in [-0.4, -0.2) is 72.2 Å². The van der Waals surface area contributed by atoms with Crippen LogP contribution in [0.1, 0.15) is 45.4 Å². The SMILES string of the molecule is CCCN(CCN(C)C)C1CCC(NC2CC2)(C(=O)O)C1. The Morgan fingerprint density at radius 1 is 1.24 bits per heavy atom. The summed E-state index contributed by atoms with van der Waals surface area (Å²) in [5.41, 5.74) is -0.671. The fourth-order valence-corrected chi connectivity index (χ4v) is 3.43. The Bertz CT molecular complexity index is 357. The summed E-state index contributed by atoms with van der Waals surface area (Å²) in [5, 5.41) is 13.1. The lowest BCUT2D eigenvalue weighted by atomic mass is 9.97. The van der Waals surface area contributed by atoms with Crippen molar-refractivity contribution in [2.75, 3.05) is 33.7 Å². The van der Waals surface area contributed by atoms with Crippen LogP contribution in [0.25, 0.3) is 0 Å². The molecule has 2 rings (SSSR count). The first kappa shape index (κ1) is 16.7. The summed E-state index contributed by atoms with van der Waals surface area (Å²) >= 11 is 0. The number of carbonyl (C=O) groups is 1. The number of carboxylic acid groups (broad SMARTS) is 1. The van der Waals surface area contributed by atoms with Crippen LogP contribution in [0.5, 0.6) is 0 Å². The van der Waals surface area contributed by atoms with Gasteiger partial charge in [-0.25, -0.2) is 0 Å². The molecule has 0 aromatic heterocycles. The van der Waals surface area contributed by atoms with Crippen LogP contribution < -0.4 is 5.32 Å². The summed E-state index contributed by atoms with van der Waals surface area (Å²) < 4.78 is 0. The topological polar surface area (TPSA) is 55.8 Å². The molecule has 5 heteroatoms. The Labute approximate surface area is 128 Å². The van der Waals surface area contributed by atoms with Gasteiger partial charge >= 0.3 is 5.97 Å². The maximum Gasteiger partial charge on any atom is 0.323 e. The molecule has 0 aromatic rings. The Hall–Kier alpha value is -0.650. The van der Waals surface area contributed by atoms with Gasteiger partial charge in [-0.2, -0.15) is 0 Å². The second-order valence-corrected chi connectivity index (χ2v) is 7.04. The van der Waals surface area contributed by atoms with E-state index in [1.165, 1.54) is 0 Å². The van der Waals surface area contributed by atoms with Crippen LogP contribution >= 0.6 is 0 Å². The molecule has 0 aromatic carbocycles. The highest BCUT2D eigenvalue weighted by Gasteiger charge is 2.49. The monoisotopic (exact) mass is 297 g/mol. The van der Waals surface area contributed by atoms with Crippen molar-refractivity contribution in [1.82, 2.24) is 15.1 Å². The molecule has 0 amide bonds. The average Bonchev–Trinajstić information content (AvgIpc) is 3.11. The van der Waals surface area contributed by atoms with E-state index in [1.807, 2.05) is 0 Å². The number of nitrogens with zero attached hydrogens (tertiary/aromatic N) is 2. The first-order valence-corrected chi connectivity index (χ1v) is 8.36. The molecule has 0 spiro atoms. The third kappa shape index (κ3) is 4.41. The highest BCUT2D eigenvalue weighted by Crippen LogP contribution is 2.36. The predicted octanol–water partition coefficient (Wildman–Crippen LogP) is 1.39. The lowest BCUT2D eigenvalue weighted by Gasteiger charge is -2.32. The minimum absolute atomic E-state index is 0.409. The molecule has 2 saturated carbocycles. The van der Waals surface area contributed by atoms with E-state index in [9.17, 15) is 9.90 Å². The van der Waals surface area contributed by atoms with E-state index < -0.39 is 11.5 Å². The molecular formula is C16H31N3O2. The van der Waals surface area contributed by atoms with E-state index in [2.05, 4.69) is 36.1 Å². The zero-order valence-corrected chi connectivity index (χ0v) is 13.8. The van der Waals surface area contributed by atoms with E-state index in [4.69, 9.17) is 0 Å². The van der Waals surface area contributed by atoms with Crippen LogP contribution in [0.2, 0.25) is 0 Å². The van der Waals surface area contributed by atoms with E-state index >= 15 is 0 Å². The third-order valence-corrected chi connectivity index (χ3v) is 4.82. The summed E-state index contributed by atoms with van der Waals surface area (Å²) in [4.78, 5) is 16.5. The number of hydrogen-bond acceptors (Lipinski definition) is 4. The standard InChI is InChI=1S/C16H31N3O2/c1-4-9-19(11-10-18(2)3)14-7-8-16(12-14,15(20)21)17-13-5-6-13/h13-14,17H,4-12H2,1-3H3,(H,20,21). The second-order valence-electron chi connectivity index (χ2n) is 7.04. The molecule has 2 atom stereocenters. The van der Waals surface area contributed by atoms with Gasteiger partial charge < -0.3 is 10.0 Å². The molecule has 2 N–H and O–H groups in total. The minimum atomic E-state index is -0.671. The first-order valence-electron chi connectivity index (χ1n) is 8.36. The van der Waals surface area contributed by atoms with Crippen LogP contribution in [-0.2, 0) is 4.79 Å². The number of rotatable bonds is 9. The molecule has 0 saturated heterocycles. The van der Waals surface area contributed by atoms with Gasteiger partial charge in [0.25, 0.3) is 0 Å². The van der Waals surface area contributed by atoms with Crippen LogP contribution in [0.15, 0.2) is 0 Å². The minimum Gasteiger partial charge on any atom is -0.480 e. The van der Waals surface area contributed by atoms with Gasteiger partial charge in [-0.15, -0.1) is 0 Å². The third-order valence-electron chi connectivity index (χ3n) is 4.82. The van der Waals surface area contributed by atoms with Crippen molar-refractivity contribution in [2.45, 2.75) is 63.1 Å². The summed E-state index contributed by atoms with van der Waals surface area (Å²) in [5.74, 6) is -0.652. The number of aliphatic carboxylic acids is 1. The maximum absolute atomic E-state index is 11.8. The number of carboxylic acids is 1. The van der Waals surface area contributed by atoms with E-state index in [0.717, 1.165) is 58.2 Å². The Morgan fingerprint density at radius 2 is 1.95 bits per heavy atom. The first-order chi connectivity index (χ1) is 9.97. The van der Waals surface area contributed by atoms with E-state index in [0.29, 0.717) is 12.1 Å². The van der Waals surface area contributed by atoms with Crippen LogP contribution in [0.3, 0.4) is 0 Å². The highest BCUT2D eigenvalue weighted by molar-refractivity contribution is 5.79. The summed E-state index contributed by atoms with van der Waals surface area (Å²) in [7, 11) is 4.18. The van der Waals surface area contributed by atoms with Gasteiger partial charge in [0, 0.05) is 25.2 Å². The molecule has 0 radical (unpaired) electrons. The largest absolute Gasteiger partial charge is 0.480 e. The van der Waals surface area contributed by atoms with Crippen molar-refractivity contribution in [3.8, 4) is 0 Å². The Morgan fingerprint density at radius 3 is 2.48 bits per heavy atom. The fourth-order valence-electron chi connectivity index (χ4n) is 3.43. The van der Waals surface area contributed by atoms with Crippen molar-refractivity contribution >= 4 is 5.97 Å². The molecule has 2 aliphatic carbocycles. The summed E-state index contributed by atoms with van der Waals surface area (Å²) in [6, 6.07) is 0.855. The highest BCUT2D eigenvalue weighted by atomic mass is 16.4. The van der Waals surface area contributed by atoms with Gasteiger partial charge in [-0.1, -0.05) is 6.92 Å². The molecule has 0 bridgehead atoms. The normalized spacial score (nSPS) is 29.5. The lowest BCUT2D eigenvalue weighted by molar-refractivity contribution is -0.145. The predicted molar refractivity (Wildman–Crippen MR) is 84.6 cm³/mol. The maximum atomic E-state index is 11.8. The second kappa shape index (κ2) is 7.07. The average molecular weight is 297 g/mol. The molecule has 2 aliphatic rings. The molecule has 0 aliphatic heterocycles. The van der Waals surface area contributed by atoms with Gasteiger partial charge in [0.15, 0.2) is 0 Å². The summed E-state index contributed by atoms with van der Waals surface area (Å²) in [6.07, 6.45) is 5.93. The lowest BCUT2D eigenvalue weighted by Crippen LogP contribution is -2.52. The molecule has 0 heterocycles. The summed E-state index contributed by atoms with van der Waals surface area (Å²) in [6.45, 7) is 5.33. The van der Waals surface area contributed by atoms with E-state index in [1.54, 1.807) is 0 Å². The quantitative estimate of drug-likeness (QED) is 0.673. The fraction of sp³-hybridized carbons (Fsp3) is 0.938. The van der Waals surface area contributed by atoms with Crippen molar-refractivity contribution < 1.29 is 9.90 Å². The van der Waals surface area contributed by atoms with Gasteiger partial charge in [0.2, 0.25) is 0 Å². The molecule has 5 nitrogen and oxygen atoms in total. The van der Waals surface area contributed by atoms with Crippen molar-refractivity contribution in [1.29, 1.82) is 0 Å². The van der Waals surface area contributed by atoms with Gasteiger partial charge in [-0.05, 0) is 59.2 Å². The molecular weight excluding hydrogens is 266 g/mol. The molecule has 122 valence electrons. The Balaban J connectivity index is 1.97. The van der Waals surface area contributed by atoms with Crippen LogP contribution in [0, 0.1) is 0 Å². The zero-order chi connectivity index (χ0) is 15.5. The number of nitrogens with one attached hydrogen (secondary N) is 1. The molecule has 21 heavy (non-hydrogen) atoms. The smallest absolute Gasteiger partial charge is 0.323 e. The van der Waals surface area contributed by atoms with Gasteiger partial charge in [-0.3, -0.25) is 15.0 Å². The zero-order valence-electron chi connectivity index (χ0n) is 13.8. The Kier molecular flexibility index (Phi) is 5.63. The number of hydrogen-bond donors (Lipinski definition) is 2. The van der Waals surface area contributed by atoms with Gasteiger partial charge in [0.05, 0.1) is 0 Å².